The molecule has 126 valence electrons. The van der Waals surface area contributed by atoms with Crippen LogP contribution in [-0.4, -0.2) is 44.6 Å². The van der Waals surface area contributed by atoms with Gasteiger partial charge in [0.2, 0.25) is 5.91 Å². The average molecular weight is 327 g/mol. The first kappa shape index (κ1) is 16.2. The molecule has 0 spiro atoms. The first-order valence-electron chi connectivity index (χ1n) is 8.10. The molecule has 1 aliphatic heterocycles. The van der Waals surface area contributed by atoms with Crippen LogP contribution >= 0.6 is 0 Å². The Kier molecular flexibility index (Phi) is 4.33. The number of primary amides is 1. The van der Waals surface area contributed by atoms with Crippen LogP contribution in [0, 0.1) is 5.41 Å². The Bertz CT molecular complexity index is 743. The third-order valence-corrected chi connectivity index (χ3v) is 4.89. The molecule has 1 atom stereocenters. The van der Waals surface area contributed by atoms with E-state index in [1.807, 2.05) is 25.1 Å². The summed E-state index contributed by atoms with van der Waals surface area (Å²) in [6.07, 6.45) is 5.26. The molecule has 0 aliphatic carbocycles. The number of hydrogen-bond acceptors (Lipinski definition) is 4. The number of aromatic nitrogens is 3. The quantitative estimate of drug-likeness (QED) is 0.918. The maximum atomic E-state index is 13.1. The highest BCUT2D eigenvalue weighted by Gasteiger charge is 2.41. The fourth-order valence-electron chi connectivity index (χ4n) is 3.34. The Balaban J connectivity index is 1.91. The molecular formula is C17H21N5O2. The van der Waals surface area contributed by atoms with Crippen LogP contribution in [0.5, 0.6) is 0 Å². The number of carbonyl (C=O) groups excluding carboxylic acids is 2. The maximum Gasteiger partial charge on any atom is 0.256 e. The smallest absolute Gasteiger partial charge is 0.256 e. The number of hydrogen-bond donors (Lipinski definition) is 1. The van der Waals surface area contributed by atoms with Crippen LogP contribution in [0.15, 0.2) is 36.9 Å². The summed E-state index contributed by atoms with van der Waals surface area (Å²) in [6, 6.07) is 7.32. The Morgan fingerprint density at radius 2 is 1.96 bits per heavy atom. The van der Waals surface area contributed by atoms with Crippen LogP contribution in [0.1, 0.15) is 36.5 Å². The van der Waals surface area contributed by atoms with Crippen LogP contribution < -0.4 is 5.73 Å². The minimum Gasteiger partial charge on any atom is -0.369 e. The van der Waals surface area contributed by atoms with Crippen molar-refractivity contribution in [1.82, 2.24) is 19.7 Å². The van der Waals surface area contributed by atoms with Crippen molar-refractivity contribution < 1.29 is 9.59 Å². The summed E-state index contributed by atoms with van der Waals surface area (Å²) in [4.78, 5) is 26.7. The monoisotopic (exact) mass is 327 g/mol. The largest absolute Gasteiger partial charge is 0.369 e. The van der Waals surface area contributed by atoms with E-state index in [9.17, 15) is 9.59 Å². The highest BCUT2D eigenvalue weighted by atomic mass is 16.2. The van der Waals surface area contributed by atoms with Gasteiger partial charge in [0.15, 0.2) is 0 Å². The Hall–Kier alpha value is -2.70. The van der Waals surface area contributed by atoms with E-state index in [0.717, 1.165) is 18.5 Å². The molecule has 1 aromatic heterocycles. The summed E-state index contributed by atoms with van der Waals surface area (Å²) in [6.45, 7) is 2.95. The molecular weight excluding hydrogens is 306 g/mol. The van der Waals surface area contributed by atoms with Crippen LogP contribution in [0.25, 0.3) is 5.69 Å². The van der Waals surface area contributed by atoms with E-state index in [4.69, 9.17) is 5.73 Å². The molecule has 3 rings (SSSR count). The van der Waals surface area contributed by atoms with E-state index in [1.54, 1.807) is 28.2 Å². The number of likely N-dealkylation sites (tertiary alicyclic amines) is 1. The van der Waals surface area contributed by atoms with Crippen molar-refractivity contribution in [3.8, 4) is 5.69 Å². The van der Waals surface area contributed by atoms with E-state index in [-0.39, 0.29) is 11.8 Å². The molecule has 0 radical (unpaired) electrons. The molecule has 2 amide bonds. The number of rotatable bonds is 4. The topological polar surface area (TPSA) is 94.1 Å². The molecule has 7 heteroatoms. The van der Waals surface area contributed by atoms with Crippen LogP contribution in [0.2, 0.25) is 0 Å². The first-order chi connectivity index (χ1) is 11.6. The number of nitrogens with zero attached hydrogens (tertiary/aromatic N) is 4. The third-order valence-electron chi connectivity index (χ3n) is 4.89. The van der Waals surface area contributed by atoms with Crippen LogP contribution in [-0.2, 0) is 4.79 Å². The van der Waals surface area contributed by atoms with Crippen molar-refractivity contribution in [3.63, 3.8) is 0 Å². The number of benzene rings is 1. The fraction of sp³-hybridized carbons (Fsp3) is 0.412. The average Bonchev–Trinajstić information content (AvgIpc) is 3.15. The van der Waals surface area contributed by atoms with E-state index < -0.39 is 5.41 Å². The van der Waals surface area contributed by atoms with Crippen molar-refractivity contribution >= 4 is 11.8 Å². The van der Waals surface area contributed by atoms with Gasteiger partial charge in [-0.15, -0.1) is 10.2 Å². The molecule has 2 heterocycles. The molecule has 1 fully saturated rings. The molecule has 1 unspecified atom stereocenters. The van der Waals surface area contributed by atoms with E-state index in [0.29, 0.717) is 25.1 Å². The zero-order valence-corrected chi connectivity index (χ0v) is 13.7. The van der Waals surface area contributed by atoms with Crippen molar-refractivity contribution in [3.05, 3.63) is 42.5 Å². The van der Waals surface area contributed by atoms with Gasteiger partial charge in [0.25, 0.3) is 5.91 Å². The molecule has 2 aromatic rings. The number of nitrogens with two attached hydrogens (primary N) is 1. The predicted octanol–water partition coefficient (Wildman–Crippen LogP) is 1.39. The SMILES string of the molecule is CCC1(C(N)=O)CCCN(C(=O)c2ccccc2-n2cnnc2)C1. The predicted molar refractivity (Wildman–Crippen MR) is 88.4 cm³/mol. The van der Waals surface area contributed by atoms with Gasteiger partial charge in [-0.25, -0.2) is 0 Å². The van der Waals surface area contributed by atoms with Crippen LogP contribution in [0.4, 0.5) is 0 Å². The number of piperidine rings is 1. The van der Waals surface area contributed by atoms with Gasteiger partial charge in [-0.05, 0) is 31.4 Å². The highest BCUT2D eigenvalue weighted by Crippen LogP contribution is 2.34. The van der Waals surface area contributed by atoms with Gasteiger partial charge in [-0.2, -0.15) is 0 Å². The van der Waals surface area contributed by atoms with Gasteiger partial charge in [0, 0.05) is 13.1 Å². The Morgan fingerprint density at radius 1 is 1.25 bits per heavy atom. The summed E-state index contributed by atoms with van der Waals surface area (Å²) >= 11 is 0. The van der Waals surface area contributed by atoms with Gasteiger partial charge in [0.1, 0.15) is 12.7 Å². The second-order valence-corrected chi connectivity index (χ2v) is 6.21. The van der Waals surface area contributed by atoms with Crippen molar-refractivity contribution in [2.75, 3.05) is 13.1 Å². The van der Waals surface area contributed by atoms with Crippen LogP contribution in [0.3, 0.4) is 0 Å². The summed E-state index contributed by atoms with van der Waals surface area (Å²) in [5, 5.41) is 7.60. The first-order valence-corrected chi connectivity index (χ1v) is 8.10. The molecule has 0 bridgehead atoms. The van der Waals surface area contributed by atoms with E-state index >= 15 is 0 Å². The minimum atomic E-state index is -0.626. The van der Waals surface area contributed by atoms with Crippen molar-refractivity contribution in [1.29, 1.82) is 0 Å². The lowest BCUT2D eigenvalue weighted by Gasteiger charge is -2.40. The zero-order chi connectivity index (χ0) is 17.2. The lowest BCUT2D eigenvalue weighted by molar-refractivity contribution is -0.130. The molecule has 1 aromatic carbocycles. The van der Waals surface area contributed by atoms with Gasteiger partial charge in [-0.1, -0.05) is 19.1 Å². The minimum absolute atomic E-state index is 0.0990. The van der Waals surface area contributed by atoms with Gasteiger partial charge in [0.05, 0.1) is 16.7 Å². The molecule has 1 saturated heterocycles. The van der Waals surface area contributed by atoms with Gasteiger partial charge in [-0.3, -0.25) is 14.2 Å². The zero-order valence-electron chi connectivity index (χ0n) is 13.7. The summed E-state index contributed by atoms with van der Waals surface area (Å²) in [7, 11) is 0. The number of amides is 2. The Morgan fingerprint density at radius 3 is 2.62 bits per heavy atom. The molecule has 24 heavy (non-hydrogen) atoms. The standard InChI is InChI=1S/C17H21N5O2/c1-2-17(16(18)24)8-5-9-21(10-17)15(23)13-6-3-4-7-14(13)22-11-19-20-12-22/h3-4,6-7,11-12H,2,5,8-10H2,1H3,(H2,18,24). The second-order valence-electron chi connectivity index (χ2n) is 6.21. The summed E-state index contributed by atoms with van der Waals surface area (Å²) < 4.78 is 1.71. The highest BCUT2D eigenvalue weighted by molar-refractivity contribution is 5.98. The number of carbonyl (C=O) groups is 2. The molecule has 7 nitrogen and oxygen atoms in total. The lowest BCUT2D eigenvalue weighted by atomic mass is 9.77. The fourth-order valence-corrected chi connectivity index (χ4v) is 3.34. The lowest BCUT2D eigenvalue weighted by Crippen LogP contribution is -2.52. The second kappa shape index (κ2) is 6.43. The van der Waals surface area contributed by atoms with Crippen molar-refractivity contribution in [2.24, 2.45) is 11.1 Å². The van der Waals surface area contributed by atoms with Crippen molar-refractivity contribution in [2.45, 2.75) is 26.2 Å². The van der Waals surface area contributed by atoms with Gasteiger partial charge >= 0.3 is 0 Å². The molecule has 2 N–H and O–H groups in total. The van der Waals surface area contributed by atoms with Gasteiger partial charge < -0.3 is 10.6 Å². The van der Waals surface area contributed by atoms with E-state index in [2.05, 4.69) is 10.2 Å². The molecule has 1 aliphatic rings. The number of para-hydroxylation sites is 1. The summed E-state index contributed by atoms with van der Waals surface area (Å²) in [5.74, 6) is -0.423. The third kappa shape index (κ3) is 2.77. The Labute approximate surface area is 140 Å². The van der Waals surface area contributed by atoms with E-state index in [1.165, 1.54) is 0 Å². The normalized spacial score (nSPS) is 20.8. The maximum absolute atomic E-state index is 13.1. The summed E-state index contributed by atoms with van der Waals surface area (Å²) in [5.41, 5.74) is 6.28. The molecule has 0 saturated carbocycles.